The Labute approximate surface area is 227 Å². The fourth-order valence-electron chi connectivity index (χ4n) is 5.50. The highest BCUT2D eigenvalue weighted by molar-refractivity contribution is 6.34. The molecular weight excluding hydrogens is 504 g/mol. The van der Waals surface area contributed by atoms with Crippen LogP contribution in [0.4, 0.5) is 5.69 Å². The molecule has 0 spiro atoms. The number of carbonyl (C=O) groups excluding carboxylic acids is 2. The number of ether oxygens (including phenoxy) is 2. The van der Waals surface area contributed by atoms with Crippen LogP contribution in [0.2, 0.25) is 5.02 Å². The van der Waals surface area contributed by atoms with Gasteiger partial charge in [-0.1, -0.05) is 72.3 Å². The number of esters is 1. The molecule has 8 heteroatoms. The lowest BCUT2D eigenvalue weighted by Crippen LogP contribution is -2.45. The number of methoxy groups -OCH3 is 1. The summed E-state index contributed by atoms with van der Waals surface area (Å²) in [5.41, 5.74) is 2.69. The predicted octanol–water partition coefficient (Wildman–Crippen LogP) is 5.80. The maximum absolute atomic E-state index is 13.2. The third-order valence-electron chi connectivity index (χ3n) is 7.36. The molecule has 1 amide bonds. The Morgan fingerprint density at radius 2 is 1.63 bits per heavy atom. The van der Waals surface area contributed by atoms with Crippen molar-refractivity contribution in [1.82, 2.24) is 4.90 Å². The average molecular weight is 535 g/mol. The van der Waals surface area contributed by atoms with E-state index in [0.29, 0.717) is 18.5 Å². The number of hydrogen-bond donors (Lipinski definition) is 0. The monoisotopic (exact) mass is 534 g/mol. The average Bonchev–Trinajstić information content (AvgIpc) is 3.17. The largest absolute Gasteiger partial charge is 0.496 e. The summed E-state index contributed by atoms with van der Waals surface area (Å²) in [6.07, 6.45) is 4.18. The fourth-order valence-corrected chi connectivity index (χ4v) is 5.75. The van der Waals surface area contributed by atoms with Crippen LogP contribution in [0.3, 0.4) is 0 Å². The van der Waals surface area contributed by atoms with Crippen molar-refractivity contribution in [3.8, 4) is 5.75 Å². The van der Waals surface area contributed by atoms with Gasteiger partial charge in [0.15, 0.2) is 0 Å². The number of piperidine rings is 1. The van der Waals surface area contributed by atoms with Gasteiger partial charge < -0.3 is 9.47 Å². The Kier molecular flexibility index (Phi) is 8.27. The van der Waals surface area contributed by atoms with Gasteiger partial charge in [-0.15, -0.1) is 0 Å². The van der Waals surface area contributed by atoms with Gasteiger partial charge in [0.05, 0.1) is 17.8 Å². The van der Waals surface area contributed by atoms with Crippen LogP contribution in [0.15, 0.2) is 72.8 Å². The van der Waals surface area contributed by atoms with Crippen LogP contribution in [0, 0.1) is 0 Å². The number of carbonyl (C=O) groups is 2. The first-order valence-corrected chi connectivity index (χ1v) is 13.2. The minimum absolute atomic E-state index is 0.170. The number of nitrogens with zero attached hydrogens (tertiary/aromatic N) is 2. The lowest BCUT2D eigenvalue weighted by atomic mass is 9.98. The highest BCUT2D eigenvalue weighted by Crippen LogP contribution is 2.39. The van der Waals surface area contributed by atoms with Crippen molar-refractivity contribution in [1.29, 1.82) is 0 Å². The number of hydrogen-bond acceptors (Lipinski definition) is 6. The lowest BCUT2D eigenvalue weighted by molar-refractivity contribution is -0.114. The normalized spacial score (nSPS) is 20.6. The number of halogens is 1. The van der Waals surface area contributed by atoms with Crippen molar-refractivity contribution in [2.75, 3.05) is 12.2 Å². The van der Waals surface area contributed by atoms with E-state index in [-0.39, 0.29) is 34.7 Å². The molecular formula is C30H31ClN2O5. The molecule has 0 N–H and O–H groups in total. The molecule has 7 nitrogen and oxygen atoms in total. The molecule has 2 bridgehead atoms. The summed E-state index contributed by atoms with van der Waals surface area (Å²) < 4.78 is 11.4. The molecule has 0 aliphatic carbocycles. The molecule has 5 rings (SSSR count). The van der Waals surface area contributed by atoms with E-state index in [9.17, 15) is 9.59 Å². The molecule has 198 valence electrons. The zero-order valence-corrected chi connectivity index (χ0v) is 22.0. The van der Waals surface area contributed by atoms with Gasteiger partial charge in [0.1, 0.15) is 24.0 Å². The molecule has 0 saturated carbocycles. The Morgan fingerprint density at radius 1 is 1.00 bits per heavy atom. The van der Waals surface area contributed by atoms with Crippen molar-refractivity contribution in [2.45, 2.75) is 57.0 Å². The summed E-state index contributed by atoms with van der Waals surface area (Å²) in [5, 5.41) is 1.21. The number of rotatable bonds is 10. The Balaban J connectivity index is 1.25. The molecule has 2 atom stereocenters. The Bertz CT molecular complexity index is 1240. The van der Waals surface area contributed by atoms with E-state index in [1.165, 1.54) is 24.8 Å². The first kappa shape index (κ1) is 26.2. The van der Waals surface area contributed by atoms with E-state index < -0.39 is 5.97 Å². The van der Waals surface area contributed by atoms with Crippen molar-refractivity contribution >= 4 is 29.7 Å². The van der Waals surface area contributed by atoms with Crippen molar-refractivity contribution in [2.24, 2.45) is 0 Å². The van der Waals surface area contributed by atoms with Gasteiger partial charge in [0.25, 0.3) is 0 Å². The summed E-state index contributed by atoms with van der Waals surface area (Å²) in [5.74, 6) is -0.229. The highest BCUT2D eigenvalue weighted by atomic mass is 35.5. The molecule has 2 saturated heterocycles. The number of benzene rings is 3. The Hall–Kier alpha value is -3.39. The number of anilines is 1. The van der Waals surface area contributed by atoms with Gasteiger partial charge in [-0.2, -0.15) is 5.06 Å². The topological polar surface area (TPSA) is 68.3 Å². The third-order valence-corrected chi connectivity index (χ3v) is 7.66. The van der Waals surface area contributed by atoms with E-state index in [1.54, 1.807) is 0 Å². The summed E-state index contributed by atoms with van der Waals surface area (Å²) in [7, 11) is 1.46. The highest BCUT2D eigenvalue weighted by Gasteiger charge is 2.42. The number of fused-ring (bicyclic) bond motifs is 2. The molecule has 3 aromatic carbocycles. The summed E-state index contributed by atoms with van der Waals surface area (Å²) >= 11 is 6.50. The summed E-state index contributed by atoms with van der Waals surface area (Å²) in [6.45, 7) is 1.09. The molecule has 0 aromatic heterocycles. The first-order valence-electron chi connectivity index (χ1n) is 12.8. The van der Waals surface area contributed by atoms with E-state index in [2.05, 4.69) is 29.2 Å². The van der Waals surface area contributed by atoms with Gasteiger partial charge in [-0.05, 0) is 30.0 Å². The zero-order valence-electron chi connectivity index (χ0n) is 21.3. The predicted molar refractivity (Wildman–Crippen MR) is 145 cm³/mol. The quantitative estimate of drug-likeness (QED) is 0.186. The standard InChI is InChI=1S/C30H31ClN2O5/c1-36-29-17-28(33(20-34)37-19-22-10-6-3-7-11-22)27(31)16-26(29)30(35)38-25-14-23-12-13-24(15-25)32(23)18-21-8-4-2-5-9-21/h2-11,16-17,20,23-25H,12-15,18-19H2,1H3. The molecule has 2 fully saturated rings. The minimum atomic E-state index is -0.487. The van der Waals surface area contributed by atoms with E-state index in [4.69, 9.17) is 25.9 Å². The second-order valence-corrected chi connectivity index (χ2v) is 10.1. The molecule has 2 aliphatic heterocycles. The molecule has 3 aromatic rings. The van der Waals surface area contributed by atoms with E-state index >= 15 is 0 Å². The van der Waals surface area contributed by atoms with Gasteiger partial charge >= 0.3 is 5.97 Å². The van der Waals surface area contributed by atoms with E-state index in [1.807, 2.05) is 36.4 Å². The second-order valence-electron chi connectivity index (χ2n) is 9.74. The minimum Gasteiger partial charge on any atom is -0.496 e. The van der Waals surface area contributed by atoms with Crippen LogP contribution >= 0.6 is 11.6 Å². The lowest BCUT2D eigenvalue weighted by Gasteiger charge is -2.38. The van der Waals surface area contributed by atoms with E-state index in [0.717, 1.165) is 42.9 Å². The van der Waals surface area contributed by atoms with Crippen LogP contribution < -0.4 is 9.80 Å². The second kappa shape index (κ2) is 12.0. The smallest absolute Gasteiger partial charge is 0.342 e. The van der Waals surface area contributed by atoms with Crippen molar-refractivity contribution in [3.05, 3.63) is 94.5 Å². The summed E-state index contributed by atoms with van der Waals surface area (Å²) in [6, 6.07) is 23.7. The molecule has 0 radical (unpaired) electrons. The van der Waals surface area contributed by atoms with Crippen LogP contribution in [-0.2, 0) is 27.5 Å². The number of hydroxylamine groups is 1. The maximum Gasteiger partial charge on any atom is 0.342 e. The van der Waals surface area contributed by atoms with Crippen LogP contribution in [0.1, 0.15) is 47.2 Å². The van der Waals surface area contributed by atoms with Crippen LogP contribution in [-0.4, -0.2) is 42.6 Å². The number of amides is 1. The maximum atomic E-state index is 13.2. The molecule has 2 unspecified atom stereocenters. The van der Waals surface area contributed by atoms with Crippen LogP contribution in [0.25, 0.3) is 0 Å². The van der Waals surface area contributed by atoms with Crippen LogP contribution in [0.5, 0.6) is 5.75 Å². The van der Waals surface area contributed by atoms with Gasteiger partial charge in [0.2, 0.25) is 6.41 Å². The van der Waals surface area contributed by atoms with Gasteiger partial charge in [-0.3, -0.25) is 14.5 Å². The molecule has 2 heterocycles. The molecule has 38 heavy (non-hydrogen) atoms. The SMILES string of the molecule is COc1cc(N(C=O)OCc2ccccc2)c(Cl)cc1C(=O)OC1CC2CCC(C1)N2Cc1ccccc1. The first-order chi connectivity index (χ1) is 18.6. The van der Waals surface area contributed by atoms with Gasteiger partial charge in [-0.25, -0.2) is 4.79 Å². The molecule has 2 aliphatic rings. The zero-order chi connectivity index (χ0) is 26.5. The van der Waals surface area contributed by atoms with Gasteiger partial charge in [0, 0.05) is 37.5 Å². The van der Waals surface area contributed by atoms with Crippen molar-refractivity contribution in [3.63, 3.8) is 0 Å². The third kappa shape index (κ3) is 5.85. The fraction of sp³-hybridized carbons (Fsp3) is 0.333. The summed E-state index contributed by atoms with van der Waals surface area (Å²) in [4.78, 5) is 33.2. The Morgan fingerprint density at radius 3 is 2.24 bits per heavy atom. The van der Waals surface area contributed by atoms with Crippen molar-refractivity contribution < 1.29 is 23.9 Å².